The molecular formula is C14H23N3O3. The summed E-state index contributed by atoms with van der Waals surface area (Å²) in [4.78, 5) is 4.54. The monoisotopic (exact) mass is 281 g/mol. The first-order chi connectivity index (χ1) is 9.63. The number of aromatic nitrogens is 2. The topological polar surface area (TPSA) is 80.4 Å². The first-order valence-electron chi connectivity index (χ1n) is 7.43. The molecule has 0 unspecified atom stereocenters. The zero-order valence-electron chi connectivity index (χ0n) is 12.1. The molecule has 0 bridgehead atoms. The first kappa shape index (κ1) is 14.0. The SMILES string of the molecule is COC1(c2noc([C@H]3C[C@H](O)CN3)n2)CCC(C)CC1. The maximum atomic E-state index is 9.57. The molecular weight excluding hydrogens is 258 g/mol. The van der Waals surface area contributed by atoms with E-state index in [0.717, 1.165) is 31.6 Å². The van der Waals surface area contributed by atoms with Gasteiger partial charge < -0.3 is 19.7 Å². The van der Waals surface area contributed by atoms with Crippen LogP contribution in [0.4, 0.5) is 0 Å². The van der Waals surface area contributed by atoms with Crippen LogP contribution in [0.2, 0.25) is 0 Å². The van der Waals surface area contributed by atoms with E-state index in [4.69, 9.17) is 9.26 Å². The Balaban J connectivity index is 1.78. The van der Waals surface area contributed by atoms with Gasteiger partial charge in [0.2, 0.25) is 11.7 Å². The van der Waals surface area contributed by atoms with Gasteiger partial charge >= 0.3 is 0 Å². The molecule has 2 N–H and O–H groups in total. The van der Waals surface area contributed by atoms with Crippen LogP contribution in [-0.4, -0.2) is 35.0 Å². The van der Waals surface area contributed by atoms with E-state index < -0.39 is 5.60 Å². The van der Waals surface area contributed by atoms with Crippen molar-refractivity contribution in [2.24, 2.45) is 5.92 Å². The first-order valence-corrected chi connectivity index (χ1v) is 7.43. The normalized spacial score (nSPS) is 38.2. The highest BCUT2D eigenvalue weighted by Crippen LogP contribution is 2.41. The van der Waals surface area contributed by atoms with Gasteiger partial charge in [-0.2, -0.15) is 4.98 Å². The van der Waals surface area contributed by atoms with E-state index >= 15 is 0 Å². The van der Waals surface area contributed by atoms with E-state index in [2.05, 4.69) is 22.4 Å². The number of hydrogen-bond acceptors (Lipinski definition) is 6. The minimum Gasteiger partial charge on any atom is -0.392 e. The molecule has 1 aromatic heterocycles. The van der Waals surface area contributed by atoms with Gasteiger partial charge in [-0.3, -0.25) is 0 Å². The van der Waals surface area contributed by atoms with Gasteiger partial charge in [-0.15, -0.1) is 0 Å². The summed E-state index contributed by atoms with van der Waals surface area (Å²) >= 11 is 0. The number of β-amino-alcohol motifs (C(OH)–C–C–N with tert-alkyl or cyclic N) is 1. The molecule has 0 radical (unpaired) electrons. The summed E-state index contributed by atoms with van der Waals surface area (Å²) in [5.41, 5.74) is -0.397. The highest BCUT2D eigenvalue weighted by atomic mass is 16.5. The van der Waals surface area contributed by atoms with Crippen molar-refractivity contribution in [3.8, 4) is 0 Å². The van der Waals surface area contributed by atoms with Gasteiger partial charge in [0.25, 0.3) is 0 Å². The second-order valence-electron chi connectivity index (χ2n) is 6.19. The van der Waals surface area contributed by atoms with Crippen LogP contribution in [0.3, 0.4) is 0 Å². The minimum atomic E-state index is -0.397. The number of methoxy groups -OCH3 is 1. The highest BCUT2D eigenvalue weighted by molar-refractivity contribution is 5.06. The number of nitrogens with one attached hydrogen (secondary N) is 1. The second-order valence-corrected chi connectivity index (χ2v) is 6.19. The highest BCUT2D eigenvalue weighted by Gasteiger charge is 2.41. The minimum absolute atomic E-state index is 0.0392. The van der Waals surface area contributed by atoms with Crippen molar-refractivity contribution in [2.75, 3.05) is 13.7 Å². The van der Waals surface area contributed by atoms with Crippen LogP contribution in [0, 0.1) is 5.92 Å². The third-order valence-corrected chi connectivity index (χ3v) is 4.73. The largest absolute Gasteiger partial charge is 0.392 e. The van der Waals surface area contributed by atoms with Crippen molar-refractivity contribution in [1.29, 1.82) is 0 Å². The Morgan fingerprint density at radius 2 is 2.15 bits per heavy atom. The second kappa shape index (κ2) is 5.42. The van der Waals surface area contributed by atoms with Crippen molar-refractivity contribution in [3.63, 3.8) is 0 Å². The van der Waals surface area contributed by atoms with Crippen LogP contribution < -0.4 is 5.32 Å². The molecule has 2 atom stereocenters. The van der Waals surface area contributed by atoms with Gasteiger partial charge in [-0.1, -0.05) is 12.1 Å². The van der Waals surface area contributed by atoms with Gasteiger partial charge in [-0.05, 0) is 38.0 Å². The van der Waals surface area contributed by atoms with Crippen molar-refractivity contribution in [1.82, 2.24) is 15.5 Å². The zero-order chi connectivity index (χ0) is 14.2. The summed E-state index contributed by atoms with van der Waals surface area (Å²) in [6.07, 6.45) is 4.41. The fourth-order valence-corrected chi connectivity index (χ4v) is 3.21. The van der Waals surface area contributed by atoms with Crippen molar-refractivity contribution in [3.05, 3.63) is 11.7 Å². The molecule has 1 aromatic rings. The lowest BCUT2D eigenvalue weighted by Gasteiger charge is -2.35. The summed E-state index contributed by atoms with van der Waals surface area (Å²) in [5, 5.41) is 16.9. The average molecular weight is 281 g/mol. The quantitative estimate of drug-likeness (QED) is 0.874. The van der Waals surface area contributed by atoms with Crippen LogP contribution >= 0.6 is 0 Å². The van der Waals surface area contributed by atoms with Gasteiger partial charge in [0.15, 0.2) is 0 Å². The Bertz CT molecular complexity index is 454. The lowest BCUT2D eigenvalue weighted by atomic mass is 9.79. The molecule has 20 heavy (non-hydrogen) atoms. The summed E-state index contributed by atoms with van der Waals surface area (Å²) in [6.45, 7) is 2.85. The summed E-state index contributed by atoms with van der Waals surface area (Å²) < 4.78 is 11.1. The Labute approximate surface area is 118 Å². The van der Waals surface area contributed by atoms with E-state index in [9.17, 15) is 5.11 Å². The third-order valence-electron chi connectivity index (χ3n) is 4.73. The molecule has 2 fully saturated rings. The maximum Gasteiger partial charge on any atom is 0.243 e. The van der Waals surface area contributed by atoms with Gasteiger partial charge in [0.1, 0.15) is 5.60 Å². The van der Waals surface area contributed by atoms with E-state index in [1.807, 2.05) is 0 Å². The van der Waals surface area contributed by atoms with E-state index in [-0.39, 0.29) is 12.1 Å². The lowest BCUT2D eigenvalue weighted by molar-refractivity contribution is -0.0609. The molecule has 1 aliphatic carbocycles. The predicted octanol–water partition coefficient (Wildman–Crippen LogP) is 1.52. The molecule has 2 aliphatic rings. The zero-order valence-corrected chi connectivity index (χ0v) is 12.1. The smallest absolute Gasteiger partial charge is 0.243 e. The Morgan fingerprint density at radius 1 is 1.40 bits per heavy atom. The Hall–Kier alpha value is -0.980. The van der Waals surface area contributed by atoms with E-state index in [1.165, 1.54) is 0 Å². The van der Waals surface area contributed by atoms with Crippen LogP contribution in [0.5, 0.6) is 0 Å². The van der Waals surface area contributed by atoms with Gasteiger partial charge in [0.05, 0.1) is 12.1 Å². The third kappa shape index (κ3) is 2.47. The number of aliphatic hydroxyl groups excluding tert-OH is 1. The van der Waals surface area contributed by atoms with Crippen molar-refractivity contribution >= 4 is 0 Å². The molecule has 6 nitrogen and oxygen atoms in total. The number of nitrogens with zero attached hydrogens (tertiary/aromatic N) is 2. The molecule has 112 valence electrons. The lowest BCUT2D eigenvalue weighted by Crippen LogP contribution is -2.34. The standard InChI is InChI=1S/C14H23N3O3/c1-9-3-5-14(19-2,6-4-9)13-16-12(20-17-13)11-7-10(18)8-15-11/h9-11,15,18H,3-8H2,1-2H3/t9?,10-,11+,14?/m0/s1. The molecule has 2 heterocycles. The fourth-order valence-electron chi connectivity index (χ4n) is 3.21. The number of ether oxygens (including phenoxy) is 1. The Morgan fingerprint density at radius 3 is 2.75 bits per heavy atom. The number of aliphatic hydroxyl groups is 1. The molecule has 0 amide bonds. The van der Waals surface area contributed by atoms with Crippen molar-refractivity contribution < 1.29 is 14.4 Å². The average Bonchev–Trinajstić information content (AvgIpc) is 3.09. The summed E-state index contributed by atoms with van der Waals surface area (Å²) in [7, 11) is 1.73. The van der Waals surface area contributed by atoms with E-state index in [1.54, 1.807) is 7.11 Å². The predicted molar refractivity (Wildman–Crippen MR) is 72.0 cm³/mol. The van der Waals surface area contributed by atoms with Crippen molar-refractivity contribution in [2.45, 2.75) is 56.8 Å². The molecule has 1 saturated heterocycles. The summed E-state index contributed by atoms with van der Waals surface area (Å²) in [5.74, 6) is 1.95. The molecule has 3 rings (SSSR count). The van der Waals surface area contributed by atoms with Gasteiger partial charge in [0, 0.05) is 13.7 Å². The maximum absolute atomic E-state index is 9.57. The fraction of sp³-hybridized carbons (Fsp3) is 0.857. The Kier molecular flexibility index (Phi) is 3.79. The van der Waals surface area contributed by atoms with Crippen LogP contribution in [0.15, 0.2) is 4.52 Å². The van der Waals surface area contributed by atoms with Crippen LogP contribution in [0.25, 0.3) is 0 Å². The number of hydrogen-bond donors (Lipinski definition) is 2. The molecule has 0 aromatic carbocycles. The summed E-state index contributed by atoms with van der Waals surface area (Å²) in [6, 6.07) is -0.0392. The van der Waals surface area contributed by atoms with Crippen LogP contribution in [-0.2, 0) is 10.3 Å². The van der Waals surface area contributed by atoms with E-state index in [0.29, 0.717) is 24.7 Å². The van der Waals surface area contributed by atoms with Crippen LogP contribution in [0.1, 0.15) is 56.8 Å². The molecule has 1 saturated carbocycles. The molecule has 1 aliphatic heterocycles. The molecule has 6 heteroatoms. The van der Waals surface area contributed by atoms with Gasteiger partial charge in [-0.25, -0.2) is 0 Å². The number of rotatable bonds is 3. The molecule has 0 spiro atoms.